The van der Waals surface area contributed by atoms with Gasteiger partial charge in [0, 0.05) is 15.7 Å². The maximum absolute atomic E-state index is 12.7. The van der Waals surface area contributed by atoms with E-state index in [-0.39, 0.29) is 5.91 Å². The highest BCUT2D eigenvalue weighted by Crippen LogP contribution is 2.28. The summed E-state index contributed by atoms with van der Waals surface area (Å²) < 4.78 is 12.0. The lowest BCUT2D eigenvalue weighted by Crippen LogP contribution is -2.13. The van der Waals surface area contributed by atoms with Gasteiger partial charge in [0.25, 0.3) is 5.91 Å². The van der Waals surface area contributed by atoms with Crippen LogP contribution >= 0.6 is 15.9 Å². The number of ether oxygens (including phenoxy) is 1. The van der Waals surface area contributed by atoms with E-state index in [1.165, 1.54) is 18.2 Å². The molecule has 0 bridgehead atoms. The van der Waals surface area contributed by atoms with Crippen molar-refractivity contribution in [2.45, 2.75) is 13.8 Å². The van der Waals surface area contributed by atoms with Gasteiger partial charge in [0.1, 0.15) is 11.3 Å². The van der Waals surface area contributed by atoms with E-state index in [9.17, 15) is 4.79 Å². The molecule has 6 heteroatoms. The first-order chi connectivity index (χ1) is 13.9. The predicted molar refractivity (Wildman–Crippen MR) is 118 cm³/mol. The van der Waals surface area contributed by atoms with Crippen molar-refractivity contribution in [3.05, 3.63) is 75.8 Å². The molecule has 0 saturated carbocycles. The third-order valence-electron chi connectivity index (χ3n) is 4.81. The number of oxazole rings is 1. The van der Waals surface area contributed by atoms with Gasteiger partial charge in [-0.3, -0.25) is 4.79 Å². The molecular weight excluding hydrogens is 432 g/mol. The van der Waals surface area contributed by atoms with E-state index in [0.29, 0.717) is 34.0 Å². The lowest BCUT2D eigenvalue weighted by Gasteiger charge is -2.09. The second kappa shape index (κ2) is 7.72. The molecule has 0 aliphatic rings. The highest BCUT2D eigenvalue weighted by atomic mass is 79.9. The molecule has 0 aliphatic carbocycles. The van der Waals surface area contributed by atoms with Crippen LogP contribution in [0.25, 0.3) is 22.6 Å². The molecule has 146 valence electrons. The van der Waals surface area contributed by atoms with E-state index in [1.807, 2.05) is 12.1 Å². The second-order valence-corrected chi connectivity index (χ2v) is 7.71. The molecule has 29 heavy (non-hydrogen) atoms. The summed E-state index contributed by atoms with van der Waals surface area (Å²) >= 11 is 3.39. The number of halogens is 1. The number of rotatable bonds is 4. The maximum Gasteiger partial charge on any atom is 0.259 e. The minimum Gasteiger partial charge on any atom is -0.496 e. The third-order valence-corrected chi connectivity index (χ3v) is 5.30. The largest absolute Gasteiger partial charge is 0.496 e. The first-order valence-corrected chi connectivity index (χ1v) is 9.87. The summed E-state index contributed by atoms with van der Waals surface area (Å²) in [6, 6.07) is 16.8. The van der Waals surface area contributed by atoms with Gasteiger partial charge in [0.15, 0.2) is 5.58 Å². The normalized spacial score (nSPS) is 10.9. The Kier molecular flexibility index (Phi) is 5.11. The Balaban J connectivity index is 1.63. The monoisotopic (exact) mass is 450 g/mol. The lowest BCUT2D eigenvalue weighted by molar-refractivity contribution is 0.102. The minimum atomic E-state index is -0.264. The SMILES string of the molecule is COc1ccc(Br)cc1C(=O)Nc1ccc2oc(-c3ccc(C)c(C)c3)nc2c1. The number of carbonyl (C=O) groups is 1. The zero-order valence-electron chi connectivity index (χ0n) is 16.2. The van der Waals surface area contributed by atoms with Crippen molar-refractivity contribution in [1.82, 2.24) is 4.98 Å². The van der Waals surface area contributed by atoms with E-state index in [4.69, 9.17) is 9.15 Å². The molecule has 0 atom stereocenters. The van der Waals surface area contributed by atoms with Crippen molar-refractivity contribution in [2.75, 3.05) is 12.4 Å². The molecule has 0 spiro atoms. The van der Waals surface area contributed by atoms with Crippen molar-refractivity contribution in [2.24, 2.45) is 0 Å². The van der Waals surface area contributed by atoms with Gasteiger partial charge in [-0.15, -0.1) is 0 Å². The number of amides is 1. The van der Waals surface area contributed by atoms with Crippen molar-refractivity contribution in [3.8, 4) is 17.2 Å². The Hall–Kier alpha value is -3.12. The fourth-order valence-corrected chi connectivity index (χ4v) is 3.42. The number of methoxy groups -OCH3 is 1. The van der Waals surface area contributed by atoms with Crippen LogP contribution in [0.4, 0.5) is 5.69 Å². The maximum atomic E-state index is 12.7. The summed E-state index contributed by atoms with van der Waals surface area (Å²) in [4.78, 5) is 17.3. The molecule has 0 aliphatic heterocycles. The highest BCUT2D eigenvalue weighted by Gasteiger charge is 2.15. The third kappa shape index (κ3) is 3.89. The Morgan fingerprint density at radius 2 is 1.86 bits per heavy atom. The zero-order valence-corrected chi connectivity index (χ0v) is 17.8. The van der Waals surface area contributed by atoms with Crippen LogP contribution in [0, 0.1) is 13.8 Å². The van der Waals surface area contributed by atoms with Gasteiger partial charge in [-0.05, 0) is 73.5 Å². The van der Waals surface area contributed by atoms with Crippen LogP contribution in [0.15, 0.2) is 63.5 Å². The number of nitrogens with zero attached hydrogens (tertiary/aromatic N) is 1. The van der Waals surface area contributed by atoms with Gasteiger partial charge in [0.05, 0.1) is 12.7 Å². The average Bonchev–Trinajstić information content (AvgIpc) is 3.13. The summed E-state index contributed by atoms with van der Waals surface area (Å²) in [6.07, 6.45) is 0. The van der Waals surface area contributed by atoms with E-state index in [2.05, 4.69) is 52.2 Å². The first-order valence-electron chi connectivity index (χ1n) is 9.08. The van der Waals surface area contributed by atoms with Crippen LogP contribution in [0.1, 0.15) is 21.5 Å². The highest BCUT2D eigenvalue weighted by molar-refractivity contribution is 9.10. The zero-order chi connectivity index (χ0) is 20.5. The van der Waals surface area contributed by atoms with Crippen LogP contribution in [0.5, 0.6) is 5.75 Å². The van der Waals surface area contributed by atoms with Gasteiger partial charge >= 0.3 is 0 Å². The van der Waals surface area contributed by atoms with Gasteiger partial charge in [-0.2, -0.15) is 0 Å². The Bertz CT molecular complexity index is 1230. The smallest absolute Gasteiger partial charge is 0.259 e. The fraction of sp³-hybridized carbons (Fsp3) is 0.130. The summed E-state index contributed by atoms with van der Waals surface area (Å²) in [7, 11) is 1.54. The predicted octanol–water partition coefficient (Wildman–Crippen LogP) is 6.14. The molecule has 3 aromatic carbocycles. The topological polar surface area (TPSA) is 64.4 Å². The quantitative estimate of drug-likeness (QED) is 0.405. The number of aryl methyl sites for hydroxylation is 2. The van der Waals surface area contributed by atoms with E-state index in [0.717, 1.165) is 10.0 Å². The molecule has 1 amide bonds. The summed E-state index contributed by atoms with van der Waals surface area (Å²) in [6.45, 7) is 4.13. The summed E-state index contributed by atoms with van der Waals surface area (Å²) in [5.41, 5.74) is 5.74. The van der Waals surface area contributed by atoms with Crippen molar-refractivity contribution < 1.29 is 13.9 Å². The molecule has 0 radical (unpaired) electrons. The van der Waals surface area contributed by atoms with E-state index in [1.54, 1.807) is 30.3 Å². The minimum absolute atomic E-state index is 0.264. The number of anilines is 1. The van der Waals surface area contributed by atoms with Gasteiger partial charge in [0.2, 0.25) is 5.89 Å². The van der Waals surface area contributed by atoms with Gasteiger partial charge in [-0.1, -0.05) is 22.0 Å². The van der Waals surface area contributed by atoms with Crippen molar-refractivity contribution >= 4 is 38.6 Å². The fourth-order valence-electron chi connectivity index (χ4n) is 3.06. The van der Waals surface area contributed by atoms with E-state index >= 15 is 0 Å². The van der Waals surface area contributed by atoms with Crippen LogP contribution in [0.2, 0.25) is 0 Å². The Morgan fingerprint density at radius 1 is 1.03 bits per heavy atom. The number of fused-ring (bicyclic) bond motifs is 1. The molecular formula is C23H19BrN2O3. The Morgan fingerprint density at radius 3 is 2.62 bits per heavy atom. The molecule has 1 aromatic heterocycles. The van der Waals surface area contributed by atoms with Crippen molar-refractivity contribution in [3.63, 3.8) is 0 Å². The van der Waals surface area contributed by atoms with Crippen LogP contribution in [0.3, 0.4) is 0 Å². The first kappa shape index (κ1) is 19.2. The van der Waals surface area contributed by atoms with Gasteiger partial charge < -0.3 is 14.5 Å². The standard InChI is InChI=1S/C23H19BrN2O3/c1-13-4-5-15(10-14(13)2)23-26-19-12-17(7-9-21(19)29-23)25-22(27)18-11-16(24)6-8-20(18)28-3/h4-12H,1-3H3,(H,25,27). The molecule has 1 heterocycles. The molecule has 4 rings (SSSR count). The van der Waals surface area contributed by atoms with Crippen LogP contribution in [-0.2, 0) is 0 Å². The summed E-state index contributed by atoms with van der Waals surface area (Å²) in [5, 5.41) is 2.90. The van der Waals surface area contributed by atoms with E-state index < -0.39 is 0 Å². The molecule has 0 fully saturated rings. The average molecular weight is 451 g/mol. The number of hydrogen-bond donors (Lipinski definition) is 1. The van der Waals surface area contributed by atoms with Crippen LogP contribution in [-0.4, -0.2) is 18.0 Å². The summed E-state index contributed by atoms with van der Waals surface area (Å²) in [5.74, 6) is 0.797. The molecule has 0 saturated heterocycles. The van der Waals surface area contributed by atoms with Crippen molar-refractivity contribution in [1.29, 1.82) is 0 Å². The lowest BCUT2D eigenvalue weighted by atomic mass is 10.1. The number of carbonyl (C=O) groups excluding carboxylic acids is 1. The number of nitrogens with one attached hydrogen (secondary N) is 1. The number of aromatic nitrogens is 1. The number of hydrogen-bond acceptors (Lipinski definition) is 4. The molecule has 5 nitrogen and oxygen atoms in total. The van der Waals surface area contributed by atoms with Gasteiger partial charge in [-0.25, -0.2) is 4.98 Å². The Labute approximate surface area is 176 Å². The second-order valence-electron chi connectivity index (χ2n) is 6.80. The molecule has 0 unspecified atom stereocenters. The molecule has 4 aromatic rings. The van der Waals surface area contributed by atoms with Crippen LogP contribution < -0.4 is 10.1 Å². The number of benzene rings is 3. The molecule has 1 N–H and O–H groups in total.